The summed E-state index contributed by atoms with van der Waals surface area (Å²) in [5.74, 6) is 1.05. The van der Waals surface area contributed by atoms with Crippen LogP contribution in [0.5, 0.6) is 0 Å². The maximum Gasteiger partial charge on any atom is 0.257 e. The Balaban J connectivity index is 1.08. The quantitative estimate of drug-likeness (QED) is 0.351. The predicted molar refractivity (Wildman–Crippen MR) is 152 cm³/mol. The Bertz CT molecular complexity index is 1430. The summed E-state index contributed by atoms with van der Waals surface area (Å²) in [7, 11) is 0. The highest BCUT2D eigenvalue weighted by Gasteiger charge is 2.26. The third-order valence-electron chi connectivity index (χ3n) is 8.14. The lowest BCUT2D eigenvalue weighted by Gasteiger charge is -2.29. The van der Waals surface area contributed by atoms with Gasteiger partial charge in [-0.05, 0) is 79.5 Å². The van der Waals surface area contributed by atoms with Crippen molar-refractivity contribution in [2.45, 2.75) is 38.1 Å². The lowest BCUT2D eigenvalue weighted by Crippen LogP contribution is -2.40. The molecule has 1 aliphatic heterocycles. The molecule has 39 heavy (non-hydrogen) atoms. The van der Waals surface area contributed by atoms with Crippen LogP contribution in [-0.4, -0.2) is 52.6 Å². The van der Waals surface area contributed by atoms with Crippen LogP contribution in [0, 0.1) is 5.92 Å². The monoisotopic (exact) mass is 522 g/mol. The van der Waals surface area contributed by atoms with Gasteiger partial charge in [-0.1, -0.05) is 30.3 Å². The molecule has 200 valence electrons. The number of nitrogens with one attached hydrogen (secondary N) is 1. The fraction of sp³-hybridized carbons (Fsp3) is 0.344. The lowest BCUT2D eigenvalue weighted by molar-refractivity contribution is 0.0304. The molecule has 2 aliphatic rings. The fourth-order valence-electron chi connectivity index (χ4n) is 5.95. The first-order chi connectivity index (χ1) is 19.2. The molecule has 2 fully saturated rings. The van der Waals surface area contributed by atoms with Crippen LogP contribution in [0.25, 0.3) is 11.0 Å². The number of rotatable bonds is 6. The topological polar surface area (TPSA) is 76.5 Å². The molecule has 0 unspecified atom stereocenters. The number of morpholine rings is 1. The van der Waals surface area contributed by atoms with Crippen LogP contribution >= 0.6 is 0 Å². The zero-order chi connectivity index (χ0) is 26.6. The number of anilines is 1. The van der Waals surface area contributed by atoms with Crippen molar-refractivity contribution < 1.29 is 14.3 Å². The maximum absolute atomic E-state index is 13.3. The molecule has 1 saturated carbocycles. The molecule has 7 heteroatoms. The number of hydrogen-bond donors (Lipinski definition) is 1. The number of benzene rings is 2. The Labute approximate surface area is 228 Å². The van der Waals surface area contributed by atoms with E-state index in [1.165, 1.54) is 5.56 Å². The average molecular weight is 523 g/mol. The first-order valence-electron chi connectivity index (χ1n) is 13.9. The van der Waals surface area contributed by atoms with Crippen LogP contribution in [0.1, 0.15) is 57.9 Å². The standard InChI is InChI=1S/C32H34N4O3/c37-31(26-5-2-1-3-6-26)34-27-14-12-25(13-15-27)24-10-8-23(9-11-24)21-36-22-28(30-29(36)7-4-16-33-30)32(38)35-17-19-39-20-18-35/h1-7,12-16,22-24H,8-11,17-21H2,(H,34,37). The van der Waals surface area contributed by atoms with Gasteiger partial charge in [-0.15, -0.1) is 0 Å². The summed E-state index contributed by atoms with van der Waals surface area (Å²) in [6.07, 6.45) is 8.35. The van der Waals surface area contributed by atoms with Crippen molar-refractivity contribution in [2.24, 2.45) is 5.92 Å². The van der Waals surface area contributed by atoms with Crippen molar-refractivity contribution in [1.29, 1.82) is 0 Å². The van der Waals surface area contributed by atoms with Crippen molar-refractivity contribution in [2.75, 3.05) is 31.6 Å². The molecule has 1 saturated heterocycles. The SMILES string of the molecule is O=C(Nc1ccc(C2CCC(Cn3cc(C(=O)N4CCOCC4)c4ncccc43)CC2)cc1)c1ccccc1. The fourth-order valence-corrected chi connectivity index (χ4v) is 5.95. The second-order valence-electron chi connectivity index (χ2n) is 10.6. The molecule has 2 aromatic carbocycles. The number of aromatic nitrogens is 2. The largest absolute Gasteiger partial charge is 0.378 e. The normalized spacial score (nSPS) is 19.6. The van der Waals surface area contributed by atoms with Gasteiger partial charge in [0.15, 0.2) is 0 Å². The van der Waals surface area contributed by atoms with Crippen LogP contribution in [0.2, 0.25) is 0 Å². The van der Waals surface area contributed by atoms with Crippen molar-refractivity contribution in [3.63, 3.8) is 0 Å². The third kappa shape index (κ3) is 5.59. The van der Waals surface area contributed by atoms with Crippen LogP contribution in [-0.2, 0) is 11.3 Å². The smallest absolute Gasteiger partial charge is 0.257 e. The van der Waals surface area contributed by atoms with Crippen molar-refractivity contribution >= 4 is 28.5 Å². The van der Waals surface area contributed by atoms with Gasteiger partial charge in [-0.25, -0.2) is 0 Å². The van der Waals surface area contributed by atoms with Gasteiger partial charge in [0.1, 0.15) is 5.52 Å². The first kappa shape index (κ1) is 25.3. The summed E-state index contributed by atoms with van der Waals surface area (Å²) in [6.45, 7) is 3.33. The molecule has 6 rings (SSSR count). The second-order valence-corrected chi connectivity index (χ2v) is 10.6. The highest BCUT2D eigenvalue weighted by Crippen LogP contribution is 2.37. The van der Waals surface area contributed by atoms with Crippen molar-refractivity contribution in [3.05, 3.63) is 95.8 Å². The van der Waals surface area contributed by atoms with Crippen LogP contribution in [0.4, 0.5) is 5.69 Å². The Kier molecular flexibility index (Phi) is 7.41. The molecule has 0 spiro atoms. The van der Waals surface area contributed by atoms with E-state index in [-0.39, 0.29) is 11.8 Å². The third-order valence-corrected chi connectivity index (χ3v) is 8.14. The number of carbonyl (C=O) groups is 2. The van der Waals surface area contributed by atoms with E-state index in [1.807, 2.05) is 59.6 Å². The summed E-state index contributed by atoms with van der Waals surface area (Å²) in [4.78, 5) is 32.2. The minimum atomic E-state index is -0.0913. The molecule has 2 aromatic heterocycles. The Morgan fingerprint density at radius 2 is 1.64 bits per heavy atom. The van der Waals surface area contributed by atoms with E-state index < -0.39 is 0 Å². The molecule has 0 bridgehead atoms. The van der Waals surface area contributed by atoms with Gasteiger partial charge >= 0.3 is 0 Å². The predicted octanol–water partition coefficient (Wildman–Crippen LogP) is 5.74. The first-order valence-corrected chi connectivity index (χ1v) is 13.9. The zero-order valence-corrected chi connectivity index (χ0v) is 22.1. The number of carbonyl (C=O) groups excluding carboxylic acids is 2. The molecule has 4 aromatic rings. The Morgan fingerprint density at radius 3 is 2.38 bits per heavy atom. The molecule has 0 radical (unpaired) electrons. The lowest BCUT2D eigenvalue weighted by atomic mass is 9.78. The Hall–Kier alpha value is -3.97. The molecule has 0 atom stereocenters. The average Bonchev–Trinajstić information content (AvgIpc) is 3.36. The van der Waals surface area contributed by atoms with E-state index >= 15 is 0 Å². The van der Waals surface area contributed by atoms with Gasteiger partial charge in [0.25, 0.3) is 11.8 Å². The Morgan fingerprint density at radius 1 is 0.897 bits per heavy atom. The number of ether oxygens (including phenoxy) is 1. The van der Waals surface area contributed by atoms with Crippen molar-refractivity contribution in [1.82, 2.24) is 14.5 Å². The van der Waals surface area contributed by atoms with E-state index in [2.05, 4.69) is 33.1 Å². The van der Waals surface area contributed by atoms with Crippen LogP contribution < -0.4 is 5.32 Å². The number of amides is 2. The summed E-state index contributed by atoms with van der Waals surface area (Å²) >= 11 is 0. The van der Waals surface area contributed by atoms with E-state index in [1.54, 1.807) is 6.20 Å². The van der Waals surface area contributed by atoms with Crippen molar-refractivity contribution in [3.8, 4) is 0 Å². The highest BCUT2D eigenvalue weighted by atomic mass is 16.5. The maximum atomic E-state index is 13.3. The van der Waals surface area contributed by atoms with Crippen LogP contribution in [0.3, 0.4) is 0 Å². The summed E-state index contributed by atoms with van der Waals surface area (Å²) < 4.78 is 7.67. The second kappa shape index (κ2) is 11.4. The zero-order valence-electron chi connectivity index (χ0n) is 22.1. The van der Waals surface area contributed by atoms with E-state index in [9.17, 15) is 9.59 Å². The summed E-state index contributed by atoms with van der Waals surface area (Å²) in [5.41, 5.74) is 5.33. The van der Waals surface area contributed by atoms with E-state index in [0.717, 1.165) is 48.9 Å². The molecular formula is C32H34N4O3. The minimum Gasteiger partial charge on any atom is -0.378 e. The number of fused-ring (bicyclic) bond motifs is 1. The van der Waals surface area contributed by atoms with Crippen LogP contribution in [0.15, 0.2) is 79.1 Å². The number of hydrogen-bond acceptors (Lipinski definition) is 4. The molecule has 1 N–H and O–H groups in total. The molecule has 1 aliphatic carbocycles. The van der Waals surface area contributed by atoms with Gasteiger partial charge in [0.05, 0.1) is 24.3 Å². The number of nitrogens with zero attached hydrogens (tertiary/aromatic N) is 3. The highest BCUT2D eigenvalue weighted by molar-refractivity contribution is 6.05. The van der Waals surface area contributed by atoms with Gasteiger partial charge in [-0.3, -0.25) is 14.6 Å². The van der Waals surface area contributed by atoms with Gasteiger partial charge in [-0.2, -0.15) is 0 Å². The molecule has 7 nitrogen and oxygen atoms in total. The van der Waals surface area contributed by atoms with Gasteiger partial charge in [0, 0.05) is 43.3 Å². The summed E-state index contributed by atoms with van der Waals surface area (Å²) in [6, 6.07) is 21.6. The van der Waals surface area contributed by atoms with E-state index in [0.29, 0.717) is 49.3 Å². The summed E-state index contributed by atoms with van der Waals surface area (Å²) in [5, 5.41) is 2.99. The molecule has 3 heterocycles. The van der Waals surface area contributed by atoms with Gasteiger partial charge in [0.2, 0.25) is 0 Å². The van der Waals surface area contributed by atoms with Gasteiger partial charge < -0.3 is 19.5 Å². The molecule has 2 amide bonds. The number of pyridine rings is 1. The van der Waals surface area contributed by atoms with E-state index in [4.69, 9.17) is 4.74 Å². The molecular weight excluding hydrogens is 488 g/mol. The minimum absolute atomic E-state index is 0.0489.